The van der Waals surface area contributed by atoms with E-state index in [1.807, 2.05) is 24.3 Å². The van der Waals surface area contributed by atoms with Crippen LogP contribution in [0.15, 0.2) is 65.7 Å². The number of carbonyl (C=O) groups excluding carboxylic acids is 2. The maximum Gasteiger partial charge on any atom is 0.261 e. The number of fused-ring (bicyclic) bond motifs is 1. The molecule has 0 saturated carbocycles. The van der Waals surface area contributed by atoms with Crippen molar-refractivity contribution in [3.05, 3.63) is 66.4 Å². The van der Waals surface area contributed by atoms with E-state index in [4.69, 9.17) is 9.94 Å². The number of sulfonamides is 1. The quantitative estimate of drug-likeness (QED) is 0.123. The van der Waals surface area contributed by atoms with E-state index in [-0.39, 0.29) is 23.8 Å². The molecule has 1 atom stereocenters. The molecule has 0 unspecified atom stereocenters. The van der Waals surface area contributed by atoms with Crippen LogP contribution in [0.3, 0.4) is 0 Å². The molecule has 0 saturated heterocycles. The number of benzene rings is 2. The largest absolute Gasteiger partial charge is 0.481 e. The second-order valence-electron chi connectivity index (χ2n) is 8.01. The first-order chi connectivity index (χ1) is 17.8. The lowest BCUT2D eigenvalue weighted by Gasteiger charge is -2.17. The molecule has 4 N–H and O–H groups in total. The lowest BCUT2D eigenvalue weighted by Crippen LogP contribution is -2.45. The minimum absolute atomic E-state index is 0.0616. The highest BCUT2D eigenvalue weighted by atomic mass is 32.2. The number of carbonyl (C=O) groups is 2. The minimum Gasteiger partial charge on any atom is -0.481 e. The monoisotopic (exact) mass is 524 g/mol. The first kappa shape index (κ1) is 27.6. The average molecular weight is 525 g/mol. The van der Waals surface area contributed by atoms with Gasteiger partial charge in [-0.1, -0.05) is 24.1 Å². The first-order valence-corrected chi connectivity index (χ1v) is 13.0. The van der Waals surface area contributed by atoms with Gasteiger partial charge in [-0.2, -0.15) is 4.72 Å². The van der Waals surface area contributed by atoms with Crippen molar-refractivity contribution in [3.8, 4) is 17.6 Å². The number of amides is 2. The van der Waals surface area contributed by atoms with Crippen molar-refractivity contribution in [3.63, 3.8) is 0 Å². The molecular weight excluding hydrogens is 496 g/mol. The molecule has 11 heteroatoms. The Labute approximate surface area is 215 Å². The number of pyridine rings is 1. The molecule has 0 bridgehead atoms. The number of unbranched alkanes of at least 4 members (excludes halogenated alkanes) is 1. The fourth-order valence-corrected chi connectivity index (χ4v) is 4.69. The number of ether oxygens (including phenoxy) is 1. The lowest BCUT2D eigenvalue weighted by atomic mass is 10.1. The molecular formula is C26H28N4O6S. The van der Waals surface area contributed by atoms with Crippen LogP contribution in [0.25, 0.3) is 10.9 Å². The molecule has 0 aliphatic heterocycles. The standard InChI is InChI=1S/C26H28N4O6S/c1-2-3-16-36-21-11-13-22(14-12-21)37(34,35)30-24(26(32)29-33)10-6-7-15-27-25(31)20-17-19-8-4-5-9-23(19)28-18-20/h4-5,8-9,11-14,17-18,24,30,33H,6-7,10,15-16H2,1H3,(H,27,31)(H,29,32)/t24-/m1/s1. The lowest BCUT2D eigenvalue weighted by molar-refractivity contribution is -0.131. The maximum atomic E-state index is 12.8. The van der Waals surface area contributed by atoms with E-state index in [1.54, 1.807) is 13.0 Å². The number of nitrogens with zero attached hydrogens (tertiary/aromatic N) is 1. The van der Waals surface area contributed by atoms with Gasteiger partial charge in [0.1, 0.15) is 18.4 Å². The Morgan fingerprint density at radius 1 is 1.11 bits per heavy atom. The summed E-state index contributed by atoms with van der Waals surface area (Å²) in [4.78, 5) is 28.7. The van der Waals surface area contributed by atoms with Gasteiger partial charge in [-0.25, -0.2) is 13.9 Å². The van der Waals surface area contributed by atoms with Crippen LogP contribution in [0.1, 0.15) is 36.5 Å². The first-order valence-electron chi connectivity index (χ1n) is 11.6. The highest BCUT2D eigenvalue weighted by Crippen LogP contribution is 2.17. The van der Waals surface area contributed by atoms with Crippen LogP contribution in [-0.2, 0) is 14.8 Å². The number of aromatic nitrogens is 1. The molecule has 10 nitrogen and oxygen atoms in total. The van der Waals surface area contributed by atoms with Gasteiger partial charge in [0.05, 0.1) is 16.0 Å². The number of hydrogen-bond donors (Lipinski definition) is 4. The highest BCUT2D eigenvalue weighted by molar-refractivity contribution is 7.89. The Hall–Kier alpha value is -3.98. The topological polar surface area (TPSA) is 147 Å². The van der Waals surface area contributed by atoms with Gasteiger partial charge in [0, 0.05) is 18.1 Å². The smallest absolute Gasteiger partial charge is 0.261 e. The summed E-state index contributed by atoms with van der Waals surface area (Å²) in [6.07, 6.45) is 2.50. The minimum atomic E-state index is -4.05. The van der Waals surface area contributed by atoms with Crippen LogP contribution in [0.2, 0.25) is 0 Å². The van der Waals surface area contributed by atoms with Gasteiger partial charge in [-0.05, 0) is 62.6 Å². The second-order valence-corrected chi connectivity index (χ2v) is 9.72. The van der Waals surface area contributed by atoms with Crippen LogP contribution in [0.4, 0.5) is 0 Å². The zero-order chi connectivity index (χ0) is 26.7. The van der Waals surface area contributed by atoms with Crippen LogP contribution in [0.5, 0.6) is 5.75 Å². The van der Waals surface area contributed by atoms with Gasteiger partial charge in [-0.3, -0.25) is 19.8 Å². The van der Waals surface area contributed by atoms with Crippen molar-refractivity contribution in [1.29, 1.82) is 0 Å². The van der Waals surface area contributed by atoms with E-state index in [9.17, 15) is 18.0 Å². The van der Waals surface area contributed by atoms with Crippen molar-refractivity contribution in [1.82, 2.24) is 20.5 Å². The van der Waals surface area contributed by atoms with E-state index in [1.165, 1.54) is 35.9 Å². The Kier molecular flexibility index (Phi) is 9.97. The van der Waals surface area contributed by atoms with Crippen LogP contribution < -0.4 is 20.3 Å². The van der Waals surface area contributed by atoms with Crippen molar-refractivity contribution < 1.29 is 28.0 Å². The third kappa shape index (κ3) is 8.01. The summed E-state index contributed by atoms with van der Waals surface area (Å²) in [6.45, 7) is 2.18. The van der Waals surface area contributed by atoms with Gasteiger partial charge in [0.25, 0.3) is 11.8 Å². The summed E-state index contributed by atoms with van der Waals surface area (Å²) in [5.74, 6) is 4.72. The van der Waals surface area contributed by atoms with Gasteiger partial charge < -0.3 is 10.1 Å². The number of nitrogens with one attached hydrogen (secondary N) is 3. The highest BCUT2D eigenvalue weighted by Gasteiger charge is 2.25. The Morgan fingerprint density at radius 3 is 2.59 bits per heavy atom. The number of hydrogen-bond acceptors (Lipinski definition) is 7. The molecule has 2 amide bonds. The Morgan fingerprint density at radius 2 is 1.86 bits per heavy atom. The maximum absolute atomic E-state index is 12.8. The van der Waals surface area contributed by atoms with Crippen LogP contribution in [0, 0.1) is 11.8 Å². The van der Waals surface area contributed by atoms with Crippen molar-refractivity contribution in [2.45, 2.75) is 37.1 Å². The summed E-state index contributed by atoms with van der Waals surface area (Å²) in [5, 5.41) is 12.7. The summed E-state index contributed by atoms with van der Waals surface area (Å²) < 4.78 is 33.2. The van der Waals surface area contributed by atoms with Crippen LogP contribution in [-0.4, -0.2) is 49.6 Å². The molecule has 1 heterocycles. The summed E-state index contributed by atoms with van der Waals surface area (Å²) in [7, 11) is -4.05. The van der Waals surface area contributed by atoms with E-state index in [0.29, 0.717) is 30.7 Å². The molecule has 0 spiro atoms. The molecule has 0 radical (unpaired) electrons. The molecule has 194 valence electrons. The van der Waals surface area contributed by atoms with E-state index >= 15 is 0 Å². The van der Waals surface area contributed by atoms with Gasteiger partial charge >= 0.3 is 0 Å². The SMILES string of the molecule is CC#CCOc1ccc(S(=O)(=O)N[C@H](CCCCNC(=O)c2cnc3ccccc3c2)C(=O)NO)cc1. The summed E-state index contributed by atoms with van der Waals surface area (Å²) >= 11 is 0. The van der Waals surface area contributed by atoms with Gasteiger partial charge in [0.2, 0.25) is 10.0 Å². The molecule has 0 aliphatic carbocycles. The number of para-hydroxylation sites is 1. The molecule has 1 aromatic heterocycles. The fraction of sp³-hybridized carbons (Fsp3) is 0.269. The van der Waals surface area contributed by atoms with E-state index < -0.39 is 22.0 Å². The predicted octanol–water partition coefficient (Wildman–Crippen LogP) is 2.39. The molecule has 0 aliphatic rings. The predicted molar refractivity (Wildman–Crippen MR) is 137 cm³/mol. The Bertz CT molecular complexity index is 1400. The number of rotatable bonds is 12. The average Bonchev–Trinajstić information content (AvgIpc) is 2.91. The van der Waals surface area contributed by atoms with Gasteiger partial charge in [0.15, 0.2) is 0 Å². The third-order valence-electron chi connectivity index (χ3n) is 5.40. The van der Waals surface area contributed by atoms with Crippen molar-refractivity contribution >= 4 is 32.7 Å². The van der Waals surface area contributed by atoms with E-state index in [2.05, 4.69) is 26.9 Å². The zero-order valence-corrected chi connectivity index (χ0v) is 21.0. The molecule has 2 aromatic carbocycles. The molecule has 3 aromatic rings. The Balaban J connectivity index is 1.51. The van der Waals surface area contributed by atoms with E-state index in [0.717, 1.165) is 10.9 Å². The molecule has 0 fully saturated rings. The summed E-state index contributed by atoms with van der Waals surface area (Å²) in [5.41, 5.74) is 2.72. The molecule has 3 rings (SSSR count). The van der Waals surface area contributed by atoms with Gasteiger partial charge in [-0.15, -0.1) is 5.92 Å². The molecule has 37 heavy (non-hydrogen) atoms. The zero-order valence-electron chi connectivity index (χ0n) is 20.2. The fourth-order valence-electron chi connectivity index (χ4n) is 3.46. The normalized spacial score (nSPS) is 11.7. The summed E-state index contributed by atoms with van der Waals surface area (Å²) in [6, 6.07) is 13.7. The van der Waals surface area contributed by atoms with Crippen molar-refractivity contribution in [2.75, 3.05) is 13.2 Å². The van der Waals surface area contributed by atoms with Crippen molar-refractivity contribution in [2.24, 2.45) is 0 Å². The second kappa shape index (κ2) is 13.4. The third-order valence-corrected chi connectivity index (χ3v) is 6.89. The van der Waals surface area contributed by atoms with Crippen LogP contribution >= 0.6 is 0 Å². The number of hydroxylamine groups is 1.